The fourth-order valence-electron chi connectivity index (χ4n) is 10.4. The molecule has 2 aromatic carbocycles. The zero-order valence-electron chi connectivity index (χ0n) is 49.0. The Morgan fingerprint density at radius 3 is 1.59 bits per heavy atom. The number of hydrogen-bond donors (Lipinski definition) is 11. The quantitative estimate of drug-likeness (QED) is 0.0301. The van der Waals surface area contributed by atoms with Crippen molar-refractivity contribution in [2.45, 2.75) is 268 Å². The van der Waals surface area contributed by atoms with Gasteiger partial charge in [0.15, 0.2) is 12.4 Å². The maximum Gasteiger partial charge on any atom is 0.252 e. The van der Waals surface area contributed by atoms with E-state index in [-0.39, 0.29) is 57.4 Å². The van der Waals surface area contributed by atoms with E-state index in [1.165, 1.54) is 116 Å². The lowest BCUT2D eigenvalue weighted by molar-refractivity contribution is -0.290. The Kier molecular flexibility index (Phi) is 35.9. The predicted octanol–water partition coefficient (Wildman–Crippen LogP) is 6.90. The van der Waals surface area contributed by atoms with E-state index in [4.69, 9.17) is 26.7 Å². The van der Waals surface area contributed by atoms with Gasteiger partial charge in [-0.3, -0.25) is 24.0 Å². The maximum absolute atomic E-state index is 14.3. The van der Waals surface area contributed by atoms with Crippen LogP contribution in [0.5, 0.6) is 5.75 Å². The second-order valence-corrected chi connectivity index (χ2v) is 22.4. The molecule has 0 aliphatic carbocycles. The molecule has 0 spiro atoms. The zero-order valence-corrected chi connectivity index (χ0v) is 49.0. The first-order chi connectivity index (χ1) is 38.6. The number of primary amides is 1. The number of aromatic hydroxyl groups is 1. The number of carbonyl (C=O) groups excluding carboxylic acids is 5. The van der Waals surface area contributed by atoms with Crippen molar-refractivity contribution in [1.29, 1.82) is 0 Å². The number of hydrogen-bond acceptors (Lipinski definition) is 13. The van der Waals surface area contributed by atoms with E-state index in [2.05, 4.69) is 28.2 Å². The Hall–Kier alpha value is -4.69. The molecule has 2 aromatic rings. The average Bonchev–Trinajstić information content (AvgIpc) is 3.43. The summed E-state index contributed by atoms with van der Waals surface area (Å²) in [6.45, 7) is 6.55. The summed E-state index contributed by atoms with van der Waals surface area (Å²) in [6.07, 6.45) is 22.4. The summed E-state index contributed by atoms with van der Waals surface area (Å²) in [6, 6.07) is 7.60. The highest BCUT2D eigenvalue weighted by molar-refractivity contribution is 5.94. The van der Waals surface area contributed by atoms with Crippen LogP contribution in [0.25, 0.3) is 0 Å². The molecule has 1 aliphatic heterocycles. The first-order valence-electron chi connectivity index (χ1n) is 30.7. The van der Waals surface area contributed by atoms with Gasteiger partial charge in [-0.1, -0.05) is 172 Å². The lowest BCUT2D eigenvalue weighted by Gasteiger charge is -2.39. The van der Waals surface area contributed by atoms with E-state index >= 15 is 0 Å². The Morgan fingerprint density at radius 1 is 0.588 bits per heavy atom. The van der Waals surface area contributed by atoms with E-state index < -0.39 is 84.4 Å². The van der Waals surface area contributed by atoms with Crippen LogP contribution in [0.2, 0.25) is 0 Å². The van der Waals surface area contributed by atoms with Crippen LogP contribution in [-0.4, -0.2) is 125 Å². The van der Waals surface area contributed by atoms with Gasteiger partial charge < -0.3 is 68.4 Å². The lowest BCUT2D eigenvalue weighted by Crippen LogP contribution is -2.62. The van der Waals surface area contributed by atoms with Crippen molar-refractivity contribution in [2.75, 3.05) is 19.7 Å². The summed E-state index contributed by atoms with van der Waals surface area (Å²) in [5.74, 6) is -3.38. The molecule has 0 bridgehead atoms. The number of nitrogens with one attached hydrogen (secondary N) is 4. The molecule has 18 heteroatoms. The molecule has 5 amide bonds. The monoisotopic (exact) mass is 1120 g/mol. The summed E-state index contributed by atoms with van der Waals surface area (Å²) in [7, 11) is 0. The van der Waals surface area contributed by atoms with Crippen molar-refractivity contribution in [2.24, 2.45) is 17.2 Å². The Bertz CT molecular complexity index is 2030. The number of carbonyl (C=O) groups is 5. The van der Waals surface area contributed by atoms with Crippen LogP contribution in [0.15, 0.2) is 42.5 Å². The molecule has 454 valence electrons. The highest BCUT2D eigenvalue weighted by Crippen LogP contribution is 2.25. The molecule has 1 aliphatic rings. The molecule has 0 radical (unpaired) electrons. The summed E-state index contributed by atoms with van der Waals surface area (Å²) in [4.78, 5) is 67.6. The molecule has 0 aromatic heterocycles. The maximum atomic E-state index is 14.3. The number of nitrogens with two attached hydrogens (primary N) is 3. The van der Waals surface area contributed by atoms with E-state index in [0.717, 1.165) is 36.0 Å². The summed E-state index contributed by atoms with van der Waals surface area (Å²) >= 11 is 0. The van der Waals surface area contributed by atoms with Gasteiger partial charge in [-0.25, -0.2) is 0 Å². The minimum atomic E-state index is -1.73. The first kappa shape index (κ1) is 69.6. The van der Waals surface area contributed by atoms with Crippen LogP contribution < -0.4 is 38.5 Å². The molecule has 3 rings (SSSR count). The number of phenolic OH excluding ortho intramolecular Hbond substituents is 1. The van der Waals surface area contributed by atoms with Gasteiger partial charge in [0, 0.05) is 19.6 Å². The SMILES string of the molecule is CCCCCCCCCCCCCCCCCCCCCCCCO[C@@H]1O[C@H](C(=O)NCCCC[C@@H](NC(=O)[C@@H](N)Cc2c(C)cc(O)cc2C)C(=O)N[C@@H](Cc2ccccc2)C(=O)N[C@@H](CCCCN)C(N)=O)[C@@H](O)[C@H](O)[C@H]1O. The summed E-state index contributed by atoms with van der Waals surface area (Å²) in [5, 5.41) is 53.1. The normalized spacial score (nSPS) is 18.7. The molecule has 14 N–H and O–H groups in total. The fraction of sp³-hybridized carbons (Fsp3) is 0.726. The van der Waals surface area contributed by atoms with Crippen molar-refractivity contribution < 1.29 is 53.9 Å². The van der Waals surface area contributed by atoms with Crippen LogP contribution in [0, 0.1) is 13.8 Å². The number of unbranched alkanes of at least 4 members (excludes halogenated alkanes) is 23. The first-order valence-corrected chi connectivity index (χ1v) is 30.7. The molecule has 1 heterocycles. The van der Waals surface area contributed by atoms with Gasteiger partial charge in [0.05, 0.1) is 6.04 Å². The molecule has 1 saturated heterocycles. The number of benzene rings is 2. The van der Waals surface area contributed by atoms with Gasteiger partial charge in [0.2, 0.25) is 23.6 Å². The number of amides is 5. The van der Waals surface area contributed by atoms with E-state index in [1.807, 2.05) is 6.07 Å². The fourth-order valence-corrected chi connectivity index (χ4v) is 10.4. The average molecular weight is 1120 g/mol. The molecule has 9 atom stereocenters. The molecule has 18 nitrogen and oxygen atoms in total. The van der Waals surface area contributed by atoms with Crippen LogP contribution in [0.1, 0.15) is 209 Å². The van der Waals surface area contributed by atoms with Gasteiger partial charge in [-0.15, -0.1) is 0 Å². The van der Waals surface area contributed by atoms with Gasteiger partial charge in [0.25, 0.3) is 5.91 Å². The third kappa shape index (κ3) is 27.9. The molecular formula is C62H105N7O11. The number of aliphatic hydroxyl groups is 3. The Balaban J connectivity index is 1.47. The molecule has 1 fully saturated rings. The molecular weight excluding hydrogens is 1020 g/mol. The highest BCUT2D eigenvalue weighted by atomic mass is 16.7. The predicted molar refractivity (Wildman–Crippen MR) is 314 cm³/mol. The van der Waals surface area contributed by atoms with Gasteiger partial charge in [-0.2, -0.15) is 0 Å². The number of phenols is 1. The number of aliphatic hydroxyl groups excluding tert-OH is 3. The van der Waals surface area contributed by atoms with Crippen molar-refractivity contribution >= 4 is 29.5 Å². The largest absolute Gasteiger partial charge is 0.508 e. The minimum Gasteiger partial charge on any atom is -0.508 e. The number of aryl methyl sites for hydroxylation is 2. The minimum absolute atomic E-state index is 0.0447. The van der Waals surface area contributed by atoms with Gasteiger partial charge in [-0.05, 0) is 106 Å². The molecule has 0 unspecified atom stereocenters. The van der Waals surface area contributed by atoms with Crippen molar-refractivity contribution in [3.63, 3.8) is 0 Å². The molecule has 80 heavy (non-hydrogen) atoms. The number of rotatable bonds is 45. The van der Waals surface area contributed by atoms with E-state index in [0.29, 0.717) is 31.4 Å². The zero-order chi connectivity index (χ0) is 58.5. The van der Waals surface area contributed by atoms with Crippen LogP contribution in [0.3, 0.4) is 0 Å². The smallest absolute Gasteiger partial charge is 0.252 e. The third-order valence-electron chi connectivity index (χ3n) is 15.4. The Morgan fingerprint density at radius 2 is 1.06 bits per heavy atom. The van der Waals surface area contributed by atoms with Crippen molar-refractivity contribution in [3.8, 4) is 5.75 Å². The van der Waals surface area contributed by atoms with Crippen LogP contribution >= 0.6 is 0 Å². The van der Waals surface area contributed by atoms with Crippen molar-refractivity contribution in [3.05, 3.63) is 64.7 Å². The van der Waals surface area contributed by atoms with E-state index in [1.54, 1.807) is 50.2 Å². The standard InChI is InChI=1S/C62H105N7O11/c1-4-5-6-7-8-9-10-11-12-13-14-15-16-17-18-19-20-21-22-23-24-32-39-79-62-55(73)53(71)54(72)56(80-62)61(78)66-38-31-29-36-51(68-58(75)49(64)43-48-44(2)40-47(70)41-45(48)3)59(76)69-52(42-46-33-26-25-27-34-46)60(77)67-50(57(65)74)35-28-30-37-63/h25-27,33-34,40-41,49-56,62,70-73H,4-24,28-32,35-39,42-43,63-64H2,1-3H3,(H2,65,74)(H,66,78)(H,67,77)(H,68,75)(H,69,76)/t49-,50-,51+,52-,53-,54-,55+,56-,62+/m0/s1. The second kappa shape index (κ2) is 41.3. The summed E-state index contributed by atoms with van der Waals surface area (Å²) in [5.41, 5.74) is 20.7. The highest BCUT2D eigenvalue weighted by Gasteiger charge is 2.47. The van der Waals surface area contributed by atoms with Crippen LogP contribution in [-0.2, 0) is 46.3 Å². The van der Waals surface area contributed by atoms with Crippen molar-refractivity contribution in [1.82, 2.24) is 21.3 Å². The molecule has 0 saturated carbocycles. The summed E-state index contributed by atoms with van der Waals surface area (Å²) < 4.78 is 11.5. The van der Waals surface area contributed by atoms with Crippen LogP contribution in [0.4, 0.5) is 0 Å². The second-order valence-electron chi connectivity index (χ2n) is 22.4. The van der Waals surface area contributed by atoms with Gasteiger partial charge >= 0.3 is 0 Å². The number of ether oxygens (including phenoxy) is 2. The van der Waals surface area contributed by atoms with E-state index in [9.17, 15) is 44.4 Å². The van der Waals surface area contributed by atoms with Gasteiger partial charge in [0.1, 0.15) is 42.2 Å². The Labute approximate surface area is 478 Å². The topological polar surface area (TPSA) is 311 Å². The third-order valence-corrected chi connectivity index (χ3v) is 15.4. The lowest BCUT2D eigenvalue weighted by atomic mass is 9.95.